The highest BCUT2D eigenvalue weighted by Crippen LogP contribution is 2.37. The first-order valence-corrected chi connectivity index (χ1v) is 10.9. The molecule has 9 heteroatoms. The standard InChI is InChI=1S/C27H23FN2O6/c1-16(35-27(32)17-7-5-4-6-8-17)26(31)30-18-9-10-23(20(28)13-18)36-22-11-12-29-21-15-25(34-3)24(33-2)14-19(21)22/h4-16H,1-3H3,(H,30,31). The summed E-state index contributed by atoms with van der Waals surface area (Å²) in [5.74, 6) is -0.655. The van der Waals surface area contributed by atoms with Gasteiger partial charge in [0.25, 0.3) is 5.91 Å². The van der Waals surface area contributed by atoms with Crippen LogP contribution in [0, 0.1) is 5.82 Å². The zero-order chi connectivity index (χ0) is 25.7. The molecular weight excluding hydrogens is 467 g/mol. The number of amides is 1. The highest BCUT2D eigenvalue weighted by molar-refractivity contribution is 5.97. The van der Waals surface area contributed by atoms with Gasteiger partial charge in [-0.1, -0.05) is 18.2 Å². The fourth-order valence-corrected chi connectivity index (χ4v) is 3.42. The van der Waals surface area contributed by atoms with Crippen LogP contribution in [0.15, 0.2) is 72.9 Å². The third-order valence-corrected chi connectivity index (χ3v) is 5.29. The summed E-state index contributed by atoms with van der Waals surface area (Å²) in [7, 11) is 3.03. The van der Waals surface area contributed by atoms with Gasteiger partial charge in [0.1, 0.15) is 5.75 Å². The van der Waals surface area contributed by atoms with Gasteiger partial charge >= 0.3 is 5.97 Å². The molecule has 1 unspecified atom stereocenters. The number of halogens is 1. The predicted octanol–water partition coefficient (Wildman–Crippen LogP) is 5.37. The van der Waals surface area contributed by atoms with E-state index in [9.17, 15) is 14.0 Å². The number of aromatic nitrogens is 1. The first kappa shape index (κ1) is 24.5. The van der Waals surface area contributed by atoms with E-state index in [2.05, 4.69) is 10.3 Å². The molecular formula is C27H23FN2O6. The molecule has 0 saturated carbocycles. The number of nitrogens with zero attached hydrogens (tertiary/aromatic N) is 1. The van der Waals surface area contributed by atoms with Crippen molar-refractivity contribution in [2.75, 3.05) is 19.5 Å². The number of benzene rings is 3. The molecule has 36 heavy (non-hydrogen) atoms. The van der Waals surface area contributed by atoms with Crippen molar-refractivity contribution in [3.05, 3.63) is 84.3 Å². The molecule has 1 amide bonds. The molecule has 0 aliphatic rings. The second-order valence-corrected chi connectivity index (χ2v) is 7.68. The normalized spacial score (nSPS) is 11.4. The number of methoxy groups -OCH3 is 2. The Morgan fingerprint density at radius 1 is 0.889 bits per heavy atom. The number of ether oxygens (including phenoxy) is 4. The Morgan fingerprint density at radius 3 is 2.31 bits per heavy atom. The van der Waals surface area contributed by atoms with Crippen molar-refractivity contribution in [3.8, 4) is 23.0 Å². The number of nitrogens with one attached hydrogen (secondary N) is 1. The number of rotatable bonds is 8. The van der Waals surface area contributed by atoms with E-state index in [1.165, 1.54) is 39.5 Å². The number of anilines is 1. The summed E-state index contributed by atoms with van der Waals surface area (Å²) in [4.78, 5) is 28.9. The third-order valence-electron chi connectivity index (χ3n) is 5.29. The summed E-state index contributed by atoms with van der Waals surface area (Å²) < 4.78 is 36.5. The summed E-state index contributed by atoms with van der Waals surface area (Å²) in [6, 6.07) is 17.3. The molecule has 0 aliphatic heterocycles. The maximum Gasteiger partial charge on any atom is 0.338 e. The van der Waals surface area contributed by atoms with Crippen LogP contribution in [0.4, 0.5) is 10.1 Å². The molecule has 0 bridgehead atoms. The third kappa shape index (κ3) is 5.35. The van der Waals surface area contributed by atoms with E-state index >= 15 is 0 Å². The Hall–Kier alpha value is -4.66. The van der Waals surface area contributed by atoms with Gasteiger partial charge in [0.15, 0.2) is 29.2 Å². The van der Waals surface area contributed by atoms with E-state index in [1.54, 1.807) is 48.5 Å². The lowest BCUT2D eigenvalue weighted by molar-refractivity contribution is -0.123. The topological polar surface area (TPSA) is 96.0 Å². The fourth-order valence-electron chi connectivity index (χ4n) is 3.42. The second kappa shape index (κ2) is 10.7. The Labute approximate surface area is 206 Å². The van der Waals surface area contributed by atoms with Gasteiger partial charge in [-0.3, -0.25) is 9.78 Å². The highest BCUT2D eigenvalue weighted by Gasteiger charge is 2.20. The maximum absolute atomic E-state index is 14.9. The van der Waals surface area contributed by atoms with Gasteiger partial charge in [0.05, 0.1) is 25.3 Å². The Bertz CT molecular complexity index is 1410. The minimum atomic E-state index is -1.09. The molecule has 1 heterocycles. The van der Waals surface area contributed by atoms with Crippen LogP contribution >= 0.6 is 0 Å². The summed E-state index contributed by atoms with van der Waals surface area (Å²) in [5.41, 5.74) is 1.08. The largest absolute Gasteiger partial charge is 0.493 e. The maximum atomic E-state index is 14.9. The van der Waals surface area contributed by atoms with Gasteiger partial charge in [0, 0.05) is 29.4 Å². The summed E-state index contributed by atoms with van der Waals surface area (Å²) in [6.07, 6.45) is 0.445. The minimum absolute atomic E-state index is 0.0566. The van der Waals surface area contributed by atoms with E-state index in [1.807, 2.05) is 0 Å². The number of carbonyl (C=O) groups excluding carboxylic acids is 2. The number of hydrogen-bond donors (Lipinski definition) is 1. The van der Waals surface area contributed by atoms with E-state index in [4.69, 9.17) is 18.9 Å². The van der Waals surface area contributed by atoms with Crippen molar-refractivity contribution in [1.29, 1.82) is 0 Å². The van der Waals surface area contributed by atoms with Crippen LogP contribution in [0.1, 0.15) is 17.3 Å². The zero-order valence-corrected chi connectivity index (χ0v) is 19.8. The molecule has 0 saturated heterocycles. The predicted molar refractivity (Wildman–Crippen MR) is 131 cm³/mol. The van der Waals surface area contributed by atoms with E-state index < -0.39 is 23.8 Å². The van der Waals surface area contributed by atoms with Gasteiger partial charge in [-0.2, -0.15) is 0 Å². The summed E-state index contributed by atoms with van der Waals surface area (Å²) in [6.45, 7) is 1.43. The fraction of sp³-hybridized carbons (Fsp3) is 0.148. The van der Waals surface area contributed by atoms with Crippen LogP contribution in [0.2, 0.25) is 0 Å². The first-order valence-electron chi connectivity index (χ1n) is 10.9. The van der Waals surface area contributed by atoms with Gasteiger partial charge in [-0.05, 0) is 43.3 Å². The van der Waals surface area contributed by atoms with Crippen molar-refractivity contribution < 1.29 is 32.9 Å². The summed E-state index contributed by atoms with van der Waals surface area (Å²) >= 11 is 0. The van der Waals surface area contributed by atoms with Crippen molar-refractivity contribution in [2.24, 2.45) is 0 Å². The van der Waals surface area contributed by atoms with Gasteiger partial charge in [-0.15, -0.1) is 0 Å². The minimum Gasteiger partial charge on any atom is -0.493 e. The molecule has 184 valence electrons. The molecule has 0 radical (unpaired) electrons. The number of hydrogen-bond acceptors (Lipinski definition) is 7. The Balaban J connectivity index is 1.47. The monoisotopic (exact) mass is 490 g/mol. The molecule has 3 aromatic carbocycles. The lowest BCUT2D eigenvalue weighted by Gasteiger charge is -2.15. The number of carbonyl (C=O) groups is 2. The molecule has 1 atom stereocenters. The van der Waals surface area contributed by atoms with Crippen LogP contribution in [0.25, 0.3) is 10.9 Å². The smallest absolute Gasteiger partial charge is 0.338 e. The molecule has 4 aromatic rings. The van der Waals surface area contributed by atoms with Crippen LogP contribution in [0.5, 0.6) is 23.0 Å². The average Bonchev–Trinajstić information content (AvgIpc) is 2.89. The lowest BCUT2D eigenvalue weighted by Crippen LogP contribution is -2.30. The van der Waals surface area contributed by atoms with Crippen molar-refractivity contribution >= 4 is 28.5 Å². The molecule has 4 rings (SSSR count). The van der Waals surface area contributed by atoms with Crippen molar-refractivity contribution in [1.82, 2.24) is 4.98 Å². The van der Waals surface area contributed by atoms with E-state index in [0.717, 1.165) is 6.07 Å². The van der Waals surface area contributed by atoms with Gasteiger partial charge in [0.2, 0.25) is 0 Å². The highest BCUT2D eigenvalue weighted by atomic mass is 19.1. The van der Waals surface area contributed by atoms with Crippen LogP contribution in [-0.2, 0) is 9.53 Å². The molecule has 0 aliphatic carbocycles. The van der Waals surface area contributed by atoms with Crippen LogP contribution < -0.4 is 19.5 Å². The molecule has 1 aromatic heterocycles. The van der Waals surface area contributed by atoms with Crippen LogP contribution in [-0.4, -0.2) is 37.2 Å². The number of fused-ring (bicyclic) bond motifs is 1. The molecule has 8 nitrogen and oxygen atoms in total. The molecule has 0 fully saturated rings. The van der Waals surface area contributed by atoms with Crippen molar-refractivity contribution in [2.45, 2.75) is 13.0 Å². The average molecular weight is 490 g/mol. The van der Waals surface area contributed by atoms with Gasteiger partial charge in [-0.25, -0.2) is 9.18 Å². The molecule has 0 spiro atoms. The van der Waals surface area contributed by atoms with Gasteiger partial charge < -0.3 is 24.3 Å². The zero-order valence-electron chi connectivity index (χ0n) is 19.8. The van der Waals surface area contributed by atoms with Crippen molar-refractivity contribution in [3.63, 3.8) is 0 Å². The SMILES string of the molecule is COc1cc2nccc(Oc3ccc(NC(=O)C(C)OC(=O)c4ccccc4)cc3F)c2cc1OC. The second-order valence-electron chi connectivity index (χ2n) is 7.68. The quantitative estimate of drug-likeness (QED) is 0.332. The number of esters is 1. The Morgan fingerprint density at radius 2 is 1.61 bits per heavy atom. The molecule has 1 N–H and O–H groups in total. The van der Waals surface area contributed by atoms with E-state index in [0.29, 0.717) is 33.7 Å². The first-order chi connectivity index (χ1) is 17.4. The number of pyridine rings is 1. The summed E-state index contributed by atoms with van der Waals surface area (Å²) in [5, 5.41) is 3.13. The Kier molecular flexibility index (Phi) is 7.29. The van der Waals surface area contributed by atoms with Crippen LogP contribution in [0.3, 0.4) is 0 Å². The van der Waals surface area contributed by atoms with E-state index in [-0.39, 0.29) is 11.4 Å². The lowest BCUT2D eigenvalue weighted by atomic mass is 10.1.